The Bertz CT molecular complexity index is 471. The number of amides is 1. The van der Waals surface area contributed by atoms with Crippen molar-refractivity contribution in [3.05, 3.63) is 29.8 Å². The van der Waals surface area contributed by atoms with Gasteiger partial charge < -0.3 is 10.1 Å². The van der Waals surface area contributed by atoms with E-state index in [-0.39, 0.29) is 22.6 Å². The summed E-state index contributed by atoms with van der Waals surface area (Å²) in [5, 5.41) is 2.80. The second-order valence-corrected chi connectivity index (χ2v) is 6.19. The van der Waals surface area contributed by atoms with Crippen LogP contribution in [0.5, 0.6) is 0 Å². The van der Waals surface area contributed by atoms with Gasteiger partial charge in [-0.1, -0.05) is 43.1 Å². The number of unbranched alkanes of at least 4 members (excludes halogenated alkanes) is 1. The van der Waals surface area contributed by atoms with E-state index >= 15 is 0 Å². The van der Waals surface area contributed by atoms with Gasteiger partial charge >= 0.3 is 5.97 Å². The van der Waals surface area contributed by atoms with Crippen molar-refractivity contribution in [3.63, 3.8) is 0 Å². The molecule has 0 aliphatic carbocycles. The largest absolute Gasteiger partial charge is 0.462 e. The second-order valence-electron chi connectivity index (χ2n) is 5.20. The summed E-state index contributed by atoms with van der Waals surface area (Å²) in [6.07, 6.45) is 1.85. The fraction of sp³-hybridized carbons (Fsp3) is 0.500. The van der Waals surface area contributed by atoms with Crippen molar-refractivity contribution in [3.8, 4) is 0 Å². The van der Waals surface area contributed by atoms with E-state index in [4.69, 9.17) is 4.74 Å². The number of ether oxygens (including phenoxy) is 1. The molecule has 21 heavy (non-hydrogen) atoms. The Labute approximate surface area is 134 Å². The zero-order chi connectivity index (χ0) is 15.8. The predicted octanol–water partition coefficient (Wildman–Crippen LogP) is 4.00. The highest BCUT2D eigenvalue weighted by Crippen LogP contribution is 2.16. The number of benzene rings is 1. The molecule has 0 aliphatic heterocycles. The van der Waals surface area contributed by atoms with Gasteiger partial charge in [-0.05, 0) is 36.6 Å². The monoisotopic (exact) mass is 355 g/mol. The van der Waals surface area contributed by atoms with Gasteiger partial charge in [-0.3, -0.25) is 4.79 Å². The zero-order valence-electron chi connectivity index (χ0n) is 12.7. The van der Waals surface area contributed by atoms with Gasteiger partial charge in [-0.15, -0.1) is 0 Å². The maximum Gasteiger partial charge on any atom is 0.338 e. The molecule has 0 saturated heterocycles. The van der Waals surface area contributed by atoms with E-state index < -0.39 is 0 Å². The zero-order valence-corrected chi connectivity index (χ0v) is 14.3. The quantitative estimate of drug-likeness (QED) is 0.456. The molecule has 0 spiro atoms. The van der Waals surface area contributed by atoms with E-state index in [0.717, 1.165) is 12.8 Å². The molecule has 0 heterocycles. The van der Waals surface area contributed by atoms with Gasteiger partial charge in [0.05, 0.1) is 17.0 Å². The molecule has 0 fully saturated rings. The first-order chi connectivity index (χ1) is 9.95. The Balaban J connectivity index is 2.58. The summed E-state index contributed by atoms with van der Waals surface area (Å²) in [6.45, 7) is 6.41. The molecule has 4 nitrogen and oxygen atoms in total. The maximum absolute atomic E-state index is 11.9. The SMILES string of the molecule is CCCCOC(=O)c1ccc(NC(=O)C(Br)C(C)C)cc1. The van der Waals surface area contributed by atoms with Gasteiger partial charge in [0, 0.05) is 5.69 Å². The topological polar surface area (TPSA) is 55.4 Å². The van der Waals surface area contributed by atoms with Crippen molar-refractivity contribution < 1.29 is 14.3 Å². The lowest BCUT2D eigenvalue weighted by atomic mass is 10.1. The summed E-state index contributed by atoms with van der Waals surface area (Å²) in [4.78, 5) is 23.4. The van der Waals surface area contributed by atoms with E-state index in [1.807, 2.05) is 20.8 Å². The Morgan fingerprint density at radius 3 is 2.38 bits per heavy atom. The smallest absolute Gasteiger partial charge is 0.338 e. The normalized spacial score (nSPS) is 12.0. The fourth-order valence-electron chi connectivity index (χ4n) is 1.60. The molecule has 116 valence electrons. The Hall–Kier alpha value is -1.36. The molecule has 0 bridgehead atoms. The first-order valence-corrected chi connectivity index (χ1v) is 8.09. The van der Waals surface area contributed by atoms with Crippen LogP contribution >= 0.6 is 15.9 Å². The average Bonchev–Trinajstić information content (AvgIpc) is 2.47. The van der Waals surface area contributed by atoms with Crippen LogP contribution < -0.4 is 5.32 Å². The summed E-state index contributed by atoms with van der Waals surface area (Å²) in [5.74, 6) is -0.219. The van der Waals surface area contributed by atoms with Crippen LogP contribution in [0.25, 0.3) is 0 Å². The van der Waals surface area contributed by atoms with Crippen molar-refractivity contribution in [2.24, 2.45) is 5.92 Å². The second kappa shape index (κ2) is 8.82. The number of hydrogen-bond donors (Lipinski definition) is 1. The van der Waals surface area contributed by atoms with E-state index in [1.165, 1.54) is 0 Å². The molecule has 1 N–H and O–H groups in total. The lowest BCUT2D eigenvalue weighted by molar-refractivity contribution is -0.116. The highest BCUT2D eigenvalue weighted by atomic mass is 79.9. The predicted molar refractivity (Wildman–Crippen MR) is 87.8 cm³/mol. The van der Waals surface area contributed by atoms with E-state index in [0.29, 0.717) is 17.9 Å². The van der Waals surface area contributed by atoms with E-state index in [1.54, 1.807) is 24.3 Å². The number of halogens is 1. The number of carbonyl (C=O) groups is 2. The third-order valence-corrected chi connectivity index (χ3v) is 4.43. The van der Waals surface area contributed by atoms with Crippen molar-refractivity contribution >= 4 is 33.5 Å². The molecule has 1 unspecified atom stereocenters. The van der Waals surface area contributed by atoms with Crippen LogP contribution in [0, 0.1) is 5.92 Å². The van der Waals surface area contributed by atoms with Gasteiger partial charge in [0.15, 0.2) is 0 Å². The Morgan fingerprint density at radius 1 is 1.24 bits per heavy atom. The van der Waals surface area contributed by atoms with Crippen LogP contribution in [-0.2, 0) is 9.53 Å². The molecule has 5 heteroatoms. The molecule has 0 radical (unpaired) electrons. The van der Waals surface area contributed by atoms with Gasteiger partial charge in [-0.25, -0.2) is 4.79 Å². The molecule has 0 saturated carbocycles. The molecular weight excluding hydrogens is 334 g/mol. The average molecular weight is 356 g/mol. The van der Waals surface area contributed by atoms with E-state index in [2.05, 4.69) is 21.2 Å². The first kappa shape index (κ1) is 17.7. The highest BCUT2D eigenvalue weighted by Gasteiger charge is 2.18. The minimum Gasteiger partial charge on any atom is -0.462 e. The number of alkyl halides is 1. The van der Waals surface area contributed by atoms with Crippen molar-refractivity contribution in [2.45, 2.75) is 38.4 Å². The van der Waals surface area contributed by atoms with Crippen LogP contribution in [-0.4, -0.2) is 23.3 Å². The molecule has 1 aromatic carbocycles. The number of carbonyl (C=O) groups excluding carboxylic acids is 2. The molecule has 1 atom stereocenters. The number of nitrogens with one attached hydrogen (secondary N) is 1. The maximum atomic E-state index is 11.9. The highest BCUT2D eigenvalue weighted by molar-refractivity contribution is 9.10. The van der Waals surface area contributed by atoms with Gasteiger partial charge in [-0.2, -0.15) is 0 Å². The van der Waals surface area contributed by atoms with Crippen LogP contribution in [0.15, 0.2) is 24.3 Å². The molecule has 0 aromatic heterocycles. The summed E-state index contributed by atoms with van der Waals surface area (Å²) >= 11 is 3.35. The van der Waals surface area contributed by atoms with Crippen molar-refractivity contribution in [1.82, 2.24) is 0 Å². The summed E-state index contributed by atoms with van der Waals surface area (Å²) in [6, 6.07) is 6.72. The number of esters is 1. The molecule has 1 amide bonds. The number of hydrogen-bond acceptors (Lipinski definition) is 3. The fourth-order valence-corrected chi connectivity index (χ4v) is 1.71. The number of anilines is 1. The molecule has 1 aromatic rings. The first-order valence-electron chi connectivity index (χ1n) is 7.17. The third-order valence-electron chi connectivity index (χ3n) is 2.95. The summed E-state index contributed by atoms with van der Waals surface area (Å²) in [5.41, 5.74) is 1.15. The lowest BCUT2D eigenvalue weighted by Crippen LogP contribution is -2.26. The molecule has 0 aliphatic rings. The van der Waals surface area contributed by atoms with Crippen molar-refractivity contribution in [2.75, 3.05) is 11.9 Å². The van der Waals surface area contributed by atoms with Gasteiger partial charge in [0.2, 0.25) is 5.91 Å². The van der Waals surface area contributed by atoms with E-state index in [9.17, 15) is 9.59 Å². The minimum absolute atomic E-state index is 0.0942. The Morgan fingerprint density at radius 2 is 1.86 bits per heavy atom. The third kappa shape index (κ3) is 5.87. The van der Waals surface area contributed by atoms with Crippen LogP contribution in [0.2, 0.25) is 0 Å². The van der Waals surface area contributed by atoms with Crippen molar-refractivity contribution in [1.29, 1.82) is 0 Å². The minimum atomic E-state index is -0.332. The standard InChI is InChI=1S/C16H22BrNO3/c1-4-5-10-21-16(20)12-6-8-13(9-7-12)18-15(19)14(17)11(2)3/h6-9,11,14H,4-5,10H2,1-3H3,(H,18,19). The summed E-state index contributed by atoms with van der Waals surface area (Å²) in [7, 11) is 0. The summed E-state index contributed by atoms with van der Waals surface area (Å²) < 4.78 is 5.13. The van der Waals surface area contributed by atoms with Crippen LogP contribution in [0.4, 0.5) is 5.69 Å². The van der Waals surface area contributed by atoms with Crippen LogP contribution in [0.1, 0.15) is 44.0 Å². The molecule has 1 rings (SSSR count). The van der Waals surface area contributed by atoms with Crippen LogP contribution in [0.3, 0.4) is 0 Å². The van der Waals surface area contributed by atoms with Gasteiger partial charge in [0.1, 0.15) is 0 Å². The molecular formula is C16H22BrNO3. The number of rotatable bonds is 7. The Kier molecular flexibility index (Phi) is 7.43. The lowest BCUT2D eigenvalue weighted by Gasteiger charge is -2.14. The van der Waals surface area contributed by atoms with Gasteiger partial charge in [0.25, 0.3) is 0 Å².